The van der Waals surface area contributed by atoms with Crippen LogP contribution < -0.4 is 4.90 Å². The van der Waals surface area contributed by atoms with Gasteiger partial charge in [-0.15, -0.1) is 0 Å². The highest BCUT2D eigenvalue weighted by molar-refractivity contribution is 5.66. The molecule has 0 saturated carbocycles. The minimum atomic E-state index is -0.620. The van der Waals surface area contributed by atoms with Crippen LogP contribution in [0.2, 0.25) is 0 Å². The Hall–Kier alpha value is -2.24. The molecule has 0 aliphatic carbocycles. The van der Waals surface area contributed by atoms with E-state index in [1.165, 1.54) is 12.3 Å². The molecule has 8 nitrogen and oxygen atoms in total. The number of aliphatic hydroxyl groups excluding tert-OH is 1. The fourth-order valence-electron chi connectivity index (χ4n) is 2.01. The van der Waals surface area contributed by atoms with Gasteiger partial charge < -0.3 is 14.7 Å². The van der Waals surface area contributed by atoms with Gasteiger partial charge in [0, 0.05) is 12.7 Å². The van der Waals surface area contributed by atoms with E-state index in [2.05, 4.69) is 4.98 Å². The topological polar surface area (TPSA) is 113 Å². The maximum absolute atomic E-state index is 11.1. The van der Waals surface area contributed by atoms with Gasteiger partial charge in [-0.25, -0.2) is 4.98 Å². The number of ether oxygens (including phenoxy) is 1. The highest BCUT2D eigenvalue weighted by atomic mass is 16.6. The maximum atomic E-state index is 11.1. The Kier molecular flexibility index (Phi) is 3.89. The smallest absolute Gasteiger partial charge is 0.329 e. The summed E-state index contributed by atoms with van der Waals surface area (Å²) in [6.45, 7) is 0.849. The Labute approximate surface area is 109 Å². The third kappa shape index (κ3) is 2.47. The largest absolute Gasteiger partial charge is 0.394 e. The molecule has 0 spiro atoms. The van der Waals surface area contributed by atoms with Crippen molar-refractivity contribution in [2.45, 2.75) is 6.04 Å². The zero-order chi connectivity index (χ0) is 13.8. The molecule has 2 heterocycles. The van der Waals surface area contributed by atoms with E-state index in [-0.39, 0.29) is 30.3 Å². The first-order valence-corrected chi connectivity index (χ1v) is 5.67. The van der Waals surface area contributed by atoms with Gasteiger partial charge in [0.1, 0.15) is 11.6 Å². The highest BCUT2D eigenvalue weighted by Crippen LogP contribution is 2.31. The number of pyridine rings is 1. The quantitative estimate of drug-likeness (QED) is 0.606. The first kappa shape index (κ1) is 13.2. The Bertz CT molecular complexity index is 528. The number of morpholine rings is 1. The molecule has 0 bridgehead atoms. The molecule has 0 amide bonds. The van der Waals surface area contributed by atoms with Crippen molar-refractivity contribution in [3.8, 4) is 6.07 Å². The molecule has 0 radical (unpaired) electrons. The fourth-order valence-corrected chi connectivity index (χ4v) is 2.01. The van der Waals surface area contributed by atoms with Crippen LogP contribution in [0.25, 0.3) is 0 Å². The molecule has 1 aliphatic rings. The number of anilines is 1. The van der Waals surface area contributed by atoms with Gasteiger partial charge in [0.15, 0.2) is 0 Å². The van der Waals surface area contributed by atoms with Gasteiger partial charge in [0.2, 0.25) is 5.82 Å². The summed E-state index contributed by atoms with van der Waals surface area (Å²) in [5, 5.41) is 29.4. The summed E-state index contributed by atoms with van der Waals surface area (Å²) in [5.74, 6) is 0.103. The molecule has 100 valence electrons. The minimum Gasteiger partial charge on any atom is -0.394 e. The molecule has 1 aromatic rings. The average molecular weight is 264 g/mol. The third-order valence-electron chi connectivity index (χ3n) is 2.92. The summed E-state index contributed by atoms with van der Waals surface area (Å²) in [6.07, 6.45) is 1.35. The van der Waals surface area contributed by atoms with Crippen LogP contribution in [-0.4, -0.2) is 47.4 Å². The van der Waals surface area contributed by atoms with Crippen molar-refractivity contribution in [2.24, 2.45) is 0 Å². The summed E-state index contributed by atoms with van der Waals surface area (Å²) < 4.78 is 5.22. The van der Waals surface area contributed by atoms with E-state index in [1.54, 1.807) is 11.0 Å². The zero-order valence-electron chi connectivity index (χ0n) is 10.0. The van der Waals surface area contributed by atoms with E-state index >= 15 is 0 Å². The van der Waals surface area contributed by atoms with Crippen LogP contribution in [0.3, 0.4) is 0 Å². The lowest BCUT2D eigenvalue weighted by atomic mass is 10.2. The van der Waals surface area contributed by atoms with Crippen LogP contribution in [0.4, 0.5) is 11.5 Å². The lowest BCUT2D eigenvalue weighted by molar-refractivity contribution is -0.384. The van der Waals surface area contributed by atoms with Gasteiger partial charge in [-0.3, -0.25) is 10.1 Å². The predicted octanol–water partition coefficient (Wildman–Crippen LogP) is 0.0590. The first-order chi connectivity index (χ1) is 9.19. The van der Waals surface area contributed by atoms with Crippen molar-refractivity contribution >= 4 is 11.5 Å². The van der Waals surface area contributed by atoms with Crippen molar-refractivity contribution in [3.63, 3.8) is 0 Å². The molecule has 1 saturated heterocycles. The summed E-state index contributed by atoms with van der Waals surface area (Å²) in [6, 6.07) is 2.69. The Balaban J connectivity index is 2.49. The number of aromatic nitrogens is 1. The second kappa shape index (κ2) is 5.60. The minimum absolute atomic E-state index is 0.0434. The SMILES string of the molecule is N#Cc1ccnc(N2CCOCC2CO)c1[N+](=O)[O-]. The molecule has 1 unspecified atom stereocenters. The number of nitro groups is 1. The van der Waals surface area contributed by atoms with Crippen LogP contribution in [0.5, 0.6) is 0 Å². The van der Waals surface area contributed by atoms with E-state index in [0.717, 1.165) is 0 Å². The van der Waals surface area contributed by atoms with Crippen LogP contribution in [0, 0.1) is 21.4 Å². The monoisotopic (exact) mass is 264 g/mol. The zero-order valence-corrected chi connectivity index (χ0v) is 10.0. The number of rotatable bonds is 3. The summed E-state index contributed by atoms with van der Waals surface area (Å²) >= 11 is 0. The Morgan fingerprint density at radius 1 is 1.74 bits per heavy atom. The molecule has 1 fully saturated rings. The molecular weight excluding hydrogens is 252 g/mol. The number of nitrogens with zero attached hydrogens (tertiary/aromatic N) is 4. The van der Waals surface area contributed by atoms with E-state index in [4.69, 9.17) is 10.00 Å². The van der Waals surface area contributed by atoms with Crippen LogP contribution in [0.15, 0.2) is 12.3 Å². The van der Waals surface area contributed by atoms with Crippen LogP contribution >= 0.6 is 0 Å². The van der Waals surface area contributed by atoms with E-state index in [9.17, 15) is 15.2 Å². The van der Waals surface area contributed by atoms with Crippen LogP contribution in [0.1, 0.15) is 5.56 Å². The summed E-state index contributed by atoms with van der Waals surface area (Å²) in [4.78, 5) is 16.1. The predicted molar refractivity (Wildman–Crippen MR) is 64.6 cm³/mol. The normalized spacial score (nSPS) is 18.9. The van der Waals surface area contributed by atoms with E-state index in [0.29, 0.717) is 13.2 Å². The number of hydrogen-bond donors (Lipinski definition) is 1. The fraction of sp³-hybridized carbons (Fsp3) is 0.455. The highest BCUT2D eigenvalue weighted by Gasteiger charge is 2.31. The van der Waals surface area contributed by atoms with Crippen LogP contribution in [-0.2, 0) is 4.74 Å². The number of nitriles is 1. The maximum Gasteiger partial charge on any atom is 0.329 e. The molecular formula is C11H12N4O4. The molecule has 1 N–H and O–H groups in total. The van der Waals surface area contributed by atoms with Crippen molar-refractivity contribution in [1.29, 1.82) is 5.26 Å². The first-order valence-electron chi connectivity index (χ1n) is 5.67. The average Bonchev–Trinajstić information content (AvgIpc) is 2.46. The summed E-state index contributed by atoms with van der Waals surface area (Å²) in [7, 11) is 0. The van der Waals surface area contributed by atoms with Crippen molar-refractivity contribution in [1.82, 2.24) is 4.98 Å². The van der Waals surface area contributed by atoms with Gasteiger partial charge in [0.05, 0.1) is 30.8 Å². The van der Waals surface area contributed by atoms with Gasteiger partial charge in [-0.1, -0.05) is 0 Å². The molecule has 8 heteroatoms. The molecule has 1 aliphatic heterocycles. The Morgan fingerprint density at radius 3 is 3.16 bits per heavy atom. The lowest BCUT2D eigenvalue weighted by Gasteiger charge is -2.34. The van der Waals surface area contributed by atoms with Gasteiger partial charge >= 0.3 is 5.69 Å². The van der Waals surface area contributed by atoms with Gasteiger partial charge in [-0.2, -0.15) is 5.26 Å². The van der Waals surface area contributed by atoms with Crippen molar-refractivity contribution in [3.05, 3.63) is 27.9 Å². The summed E-state index contributed by atoms with van der Waals surface area (Å²) in [5.41, 5.74) is -0.372. The van der Waals surface area contributed by atoms with E-state index < -0.39 is 11.0 Å². The Morgan fingerprint density at radius 2 is 2.53 bits per heavy atom. The molecule has 19 heavy (non-hydrogen) atoms. The standard InChI is InChI=1S/C11H12N4O4/c12-5-8-1-2-13-11(10(8)15(17)18)14-3-4-19-7-9(14)6-16/h1-2,9,16H,3-4,6-7H2. The second-order valence-electron chi connectivity index (χ2n) is 4.00. The lowest BCUT2D eigenvalue weighted by Crippen LogP contribution is -2.48. The molecule has 2 rings (SSSR count). The molecule has 1 aromatic heterocycles. The molecule has 0 aromatic carbocycles. The number of hydrogen-bond acceptors (Lipinski definition) is 7. The van der Waals surface area contributed by atoms with Crippen molar-refractivity contribution in [2.75, 3.05) is 31.3 Å². The third-order valence-corrected chi connectivity index (χ3v) is 2.92. The second-order valence-corrected chi connectivity index (χ2v) is 4.00. The number of aliphatic hydroxyl groups is 1. The van der Waals surface area contributed by atoms with E-state index in [1.807, 2.05) is 0 Å². The van der Waals surface area contributed by atoms with Crippen molar-refractivity contribution < 1.29 is 14.8 Å². The molecule has 1 atom stereocenters. The van der Waals surface area contributed by atoms with Gasteiger partial charge in [-0.05, 0) is 6.07 Å². The van der Waals surface area contributed by atoms with Gasteiger partial charge in [0.25, 0.3) is 0 Å².